The van der Waals surface area contributed by atoms with E-state index in [1.165, 1.54) is 5.56 Å². The number of phenols is 1. The van der Waals surface area contributed by atoms with Crippen molar-refractivity contribution < 1.29 is 9.84 Å². The van der Waals surface area contributed by atoms with Crippen molar-refractivity contribution in [2.24, 2.45) is 0 Å². The van der Waals surface area contributed by atoms with Crippen LogP contribution in [0.25, 0.3) is 0 Å². The highest BCUT2D eigenvalue weighted by Gasteiger charge is 2.06. The van der Waals surface area contributed by atoms with Crippen LogP contribution in [0.1, 0.15) is 24.1 Å². The van der Waals surface area contributed by atoms with Crippen molar-refractivity contribution in [3.05, 3.63) is 59.7 Å². The van der Waals surface area contributed by atoms with E-state index in [9.17, 15) is 5.11 Å². The summed E-state index contributed by atoms with van der Waals surface area (Å²) in [6.07, 6.45) is 0. The van der Waals surface area contributed by atoms with Gasteiger partial charge in [0.2, 0.25) is 0 Å². The summed E-state index contributed by atoms with van der Waals surface area (Å²) in [7, 11) is 1.66. The first-order valence-corrected chi connectivity index (χ1v) is 6.35. The summed E-state index contributed by atoms with van der Waals surface area (Å²) in [5.74, 6) is 1.19. The molecule has 0 saturated carbocycles. The molecule has 0 unspecified atom stereocenters. The molecule has 2 aromatic rings. The SMILES string of the molecule is COc1ccc([C@@H](C)NCc2ccccc2O)cc1. The van der Waals surface area contributed by atoms with Gasteiger partial charge in [0.1, 0.15) is 11.5 Å². The number of phenolic OH excluding ortho intramolecular Hbond substituents is 1. The van der Waals surface area contributed by atoms with Gasteiger partial charge in [0, 0.05) is 18.2 Å². The number of aromatic hydroxyl groups is 1. The van der Waals surface area contributed by atoms with E-state index in [1.54, 1.807) is 13.2 Å². The second-order valence-corrected chi connectivity index (χ2v) is 4.50. The number of para-hydroxylation sites is 1. The van der Waals surface area contributed by atoms with E-state index >= 15 is 0 Å². The van der Waals surface area contributed by atoms with E-state index in [0.29, 0.717) is 12.3 Å². The smallest absolute Gasteiger partial charge is 0.120 e. The Morgan fingerprint density at radius 1 is 1.11 bits per heavy atom. The van der Waals surface area contributed by atoms with Crippen molar-refractivity contribution in [2.75, 3.05) is 7.11 Å². The molecule has 19 heavy (non-hydrogen) atoms. The predicted octanol–water partition coefficient (Wildman–Crippen LogP) is 3.25. The average Bonchev–Trinajstić information content (AvgIpc) is 2.46. The highest BCUT2D eigenvalue weighted by molar-refractivity contribution is 5.32. The van der Waals surface area contributed by atoms with Gasteiger partial charge >= 0.3 is 0 Å². The molecule has 0 radical (unpaired) electrons. The zero-order valence-electron chi connectivity index (χ0n) is 11.3. The summed E-state index contributed by atoms with van der Waals surface area (Å²) in [6, 6.07) is 15.6. The number of hydrogen-bond acceptors (Lipinski definition) is 3. The fourth-order valence-corrected chi connectivity index (χ4v) is 1.93. The summed E-state index contributed by atoms with van der Waals surface area (Å²) in [5, 5.41) is 13.1. The van der Waals surface area contributed by atoms with Gasteiger partial charge < -0.3 is 15.2 Å². The molecule has 0 fully saturated rings. The Kier molecular flexibility index (Phi) is 4.42. The van der Waals surface area contributed by atoms with Crippen LogP contribution >= 0.6 is 0 Å². The molecular weight excluding hydrogens is 238 g/mol. The Morgan fingerprint density at radius 3 is 2.42 bits per heavy atom. The Hall–Kier alpha value is -2.00. The molecule has 0 spiro atoms. The Balaban J connectivity index is 1.97. The number of ether oxygens (including phenoxy) is 1. The lowest BCUT2D eigenvalue weighted by Crippen LogP contribution is -2.18. The lowest BCUT2D eigenvalue weighted by atomic mass is 10.1. The van der Waals surface area contributed by atoms with Gasteiger partial charge in [-0.05, 0) is 30.7 Å². The molecule has 1 atom stereocenters. The molecule has 2 N–H and O–H groups in total. The van der Waals surface area contributed by atoms with Crippen LogP contribution < -0.4 is 10.1 Å². The molecular formula is C16H19NO2. The lowest BCUT2D eigenvalue weighted by molar-refractivity contribution is 0.414. The highest BCUT2D eigenvalue weighted by Crippen LogP contribution is 2.19. The van der Waals surface area contributed by atoms with E-state index < -0.39 is 0 Å². The minimum Gasteiger partial charge on any atom is -0.508 e. The zero-order chi connectivity index (χ0) is 13.7. The second-order valence-electron chi connectivity index (χ2n) is 4.50. The number of hydrogen-bond donors (Lipinski definition) is 2. The monoisotopic (exact) mass is 257 g/mol. The normalized spacial score (nSPS) is 12.1. The van der Waals surface area contributed by atoms with Crippen LogP contribution in [0.15, 0.2) is 48.5 Å². The molecule has 0 aliphatic rings. The number of methoxy groups -OCH3 is 1. The molecule has 0 heterocycles. The third kappa shape index (κ3) is 3.48. The topological polar surface area (TPSA) is 41.5 Å². The fourth-order valence-electron chi connectivity index (χ4n) is 1.93. The first-order valence-electron chi connectivity index (χ1n) is 6.35. The van der Waals surface area contributed by atoms with Gasteiger partial charge in [-0.2, -0.15) is 0 Å². The summed E-state index contributed by atoms with van der Waals surface area (Å²) in [6.45, 7) is 2.74. The van der Waals surface area contributed by atoms with Gasteiger partial charge in [-0.15, -0.1) is 0 Å². The van der Waals surface area contributed by atoms with E-state index in [-0.39, 0.29) is 6.04 Å². The third-order valence-electron chi connectivity index (χ3n) is 3.21. The van der Waals surface area contributed by atoms with Gasteiger partial charge in [-0.1, -0.05) is 30.3 Å². The van der Waals surface area contributed by atoms with Crippen LogP contribution in [-0.2, 0) is 6.54 Å². The molecule has 2 rings (SSSR count). The quantitative estimate of drug-likeness (QED) is 0.864. The molecule has 0 aliphatic heterocycles. The standard InChI is InChI=1S/C16H19NO2/c1-12(13-7-9-15(19-2)10-8-13)17-11-14-5-3-4-6-16(14)18/h3-10,12,17-18H,11H2,1-2H3/t12-/m1/s1. The first-order chi connectivity index (χ1) is 9.20. The van der Waals surface area contributed by atoms with Gasteiger partial charge in [0.15, 0.2) is 0 Å². The van der Waals surface area contributed by atoms with Gasteiger partial charge in [0.25, 0.3) is 0 Å². The van der Waals surface area contributed by atoms with Crippen molar-refractivity contribution in [3.63, 3.8) is 0 Å². The van der Waals surface area contributed by atoms with Crippen molar-refractivity contribution in [2.45, 2.75) is 19.5 Å². The highest BCUT2D eigenvalue weighted by atomic mass is 16.5. The molecule has 0 aromatic heterocycles. The largest absolute Gasteiger partial charge is 0.508 e. The van der Waals surface area contributed by atoms with E-state index in [4.69, 9.17) is 4.74 Å². The van der Waals surface area contributed by atoms with Gasteiger partial charge in [-0.25, -0.2) is 0 Å². The Labute approximate surface area is 113 Å². The van der Waals surface area contributed by atoms with Crippen molar-refractivity contribution in [1.29, 1.82) is 0 Å². The van der Waals surface area contributed by atoms with Crippen LogP contribution in [0, 0.1) is 0 Å². The maximum Gasteiger partial charge on any atom is 0.120 e. The van der Waals surface area contributed by atoms with E-state index in [1.807, 2.05) is 42.5 Å². The van der Waals surface area contributed by atoms with Crippen LogP contribution in [0.2, 0.25) is 0 Å². The molecule has 0 aliphatic carbocycles. The average molecular weight is 257 g/mol. The van der Waals surface area contributed by atoms with Crippen LogP contribution in [0.5, 0.6) is 11.5 Å². The molecule has 3 heteroatoms. The molecule has 100 valence electrons. The van der Waals surface area contributed by atoms with E-state index in [0.717, 1.165) is 11.3 Å². The molecule has 0 saturated heterocycles. The number of rotatable bonds is 5. The lowest BCUT2D eigenvalue weighted by Gasteiger charge is -2.15. The Bertz CT molecular complexity index is 523. The van der Waals surface area contributed by atoms with Crippen molar-refractivity contribution in [1.82, 2.24) is 5.32 Å². The van der Waals surface area contributed by atoms with Crippen LogP contribution in [0.4, 0.5) is 0 Å². The van der Waals surface area contributed by atoms with Crippen molar-refractivity contribution in [3.8, 4) is 11.5 Å². The molecule has 0 amide bonds. The summed E-state index contributed by atoms with van der Waals surface area (Å²) in [5.41, 5.74) is 2.10. The number of benzene rings is 2. The number of nitrogens with one attached hydrogen (secondary N) is 1. The predicted molar refractivity (Wildman–Crippen MR) is 76.4 cm³/mol. The van der Waals surface area contributed by atoms with Crippen LogP contribution in [0.3, 0.4) is 0 Å². The summed E-state index contributed by atoms with van der Waals surface area (Å²) in [4.78, 5) is 0. The third-order valence-corrected chi connectivity index (χ3v) is 3.21. The summed E-state index contributed by atoms with van der Waals surface area (Å²) >= 11 is 0. The molecule has 2 aromatic carbocycles. The minimum atomic E-state index is 0.213. The Morgan fingerprint density at radius 2 is 1.79 bits per heavy atom. The van der Waals surface area contributed by atoms with E-state index in [2.05, 4.69) is 12.2 Å². The van der Waals surface area contributed by atoms with Gasteiger partial charge in [0.05, 0.1) is 7.11 Å². The maximum absolute atomic E-state index is 9.71. The molecule has 3 nitrogen and oxygen atoms in total. The van der Waals surface area contributed by atoms with Crippen LogP contribution in [-0.4, -0.2) is 12.2 Å². The maximum atomic E-state index is 9.71. The molecule has 0 bridgehead atoms. The fraction of sp³-hybridized carbons (Fsp3) is 0.250. The van der Waals surface area contributed by atoms with Gasteiger partial charge in [-0.3, -0.25) is 0 Å². The zero-order valence-corrected chi connectivity index (χ0v) is 11.3. The van der Waals surface area contributed by atoms with Crippen molar-refractivity contribution >= 4 is 0 Å². The minimum absolute atomic E-state index is 0.213. The summed E-state index contributed by atoms with van der Waals surface area (Å²) < 4.78 is 5.14. The first kappa shape index (κ1) is 13.4. The second kappa shape index (κ2) is 6.25.